The third-order valence-corrected chi connectivity index (χ3v) is 3.16. The van der Waals surface area contributed by atoms with Gasteiger partial charge in [-0.2, -0.15) is 0 Å². The van der Waals surface area contributed by atoms with Crippen LogP contribution in [-0.4, -0.2) is 34.2 Å². The van der Waals surface area contributed by atoms with E-state index in [2.05, 4.69) is 5.32 Å². The smallest absolute Gasteiger partial charge is 0.337 e. The van der Waals surface area contributed by atoms with E-state index in [9.17, 15) is 14.7 Å². The first-order valence-electron chi connectivity index (χ1n) is 6.67. The molecular weight excluding hydrogens is 258 g/mol. The molecule has 5 nitrogen and oxygen atoms in total. The van der Waals surface area contributed by atoms with Crippen LogP contribution in [-0.2, 0) is 9.59 Å². The first-order chi connectivity index (χ1) is 9.38. The Hall–Kier alpha value is -1.88. The Kier molecular flexibility index (Phi) is 5.70. The summed E-state index contributed by atoms with van der Waals surface area (Å²) in [5.74, 6) is -1.95. The van der Waals surface area contributed by atoms with Gasteiger partial charge in [-0.25, -0.2) is 4.79 Å². The first-order valence-corrected chi connectivity index (χ1v) is 6.67. The van der Waals surface area contributed by atoms with Crippen LogP contribution in [0.25, 0.3) is 0 Å². The maximum atomic E-state index is 12.2. The molecule has 0 spiro atoms. The van der Waals surface area contributed by atoms with E-state index in [0.717, 1.165) is 18.9 Å². The maximum Gasteiger partial charge on any atom is 0.337 e. The molecule has 0 radical (unpaired) electrons. The molecule has 0 saturated carbocycles. The number of benzene rings is 1. The molecule has 1 rings (SSSR count). The van der Waals surface area contributed by atoms with Gasteiger partial charge in [0, 0.05) is 0 Å². The number of nitrogens with one attached hydrogen (secondary N) is 1. The number of hydrogen-bond donors (Lipinski definition) is 3. The van der Waals surface area contributed by atoms with Gasteiger partial charge in [0.2, 0.25) is 5.91 Å². The summed E-state index contributed by atoms with van der Waals surface area (Å²) in [6.45, 7) is 2.83. The van der Waals surface area contributed by atoms with Crippen LogP contribution in [0.4, 0.5) is 0 Å². The highest BCUT2D eigenvalue weighted by Crippen LogP contribution is 2.21. The van der Waals surface area contributed by atoms with Gasteiger partial charge in [-0.3, -0.25) is 4.79 Å². The Labute approximate surface area is 118 Å². The van der Waals surface area contributed by atoms with E-state index in [-0.39, 0.29) is 18.4 Å². The van der Waals surface area contributed by atoms with Gasteiger partial charge in [0.15, 0.2) is 5.60 Å². The molecule has 2 unspecified atom stereocenters. The molecule has 0 aromatic heterocycles. The normalized spacial score (nSPS) is 15.2. The number of amides is 1. The van der Waals surface area contributed by atoms with Gasteiger partial charge in [-0.05, 0) is 18.9 Å². The number of aliphatic hydroxyl groups is 1. The minimum absolute atomic E-state index is 0.264. The van der Waals surface area contributed by atoms with E-state index < -0.39 is 11.6 Å². The number of aliphatic carboxylic acids is 1. The number of rotatable bonds is 7. The minimum Gasteiger partial charge on any atom is -0.479 e. The van der Waals surface area contributed by atoms with Crippen LogP contribution in [0.5, 0.6) is 0 Å². The first kappa shape index (κ1) is 16.2. The summed E-state index contributed by atoms with van der Waals surface area (Å²) >= 11 is 0. The quantitative estimate of drug-likeness (QED) is 0.706. The van der Waals surface area contributed by atoms with Crippen molar-refractivity contribution in [2.75, 3.05) is 6.54 Å². The van der Waals surface area contributed by atoms with Crippen LogP contribution >= 0.6 is 0 Å². The van der Waals surface area contributed by atoms with Crippen molar-refractivity contribution in [3.05, 3.63) is 35.9 Å². The van der Waals surface area contributed by atoms with E-state index in [0.29, 0.717) is 6.42 Å². The second-order valence-corrected chi connectivity index (χ2v) is 5.05. The summed E-state index contributed by atoms with van der Waals surface area (Å²) in [5.41, 5.74) is -1.06. The standard InChI is InChI=1S/C15H21NO4/c1-3-7-12(11-8-5-4-6-9-11)13(17)16-10-15(2,20)14(18)19/h4-6,8-9,12,20H,3,7,10H2,1-2H3,(H,16,17)(H,18,19). The fourth-order valence-electron chi connectivity index (χ4n) is 1.88. The lowest BCUT2D eigenvalue weighted by Crippen LogP contribution is -2.47. The molecule has 1 aromatic carbocycles. The van der Waals surface area contributed by atoms with Gasteiger partial charge in [-0.1, -0.05) is 43.7 Å². The zero-order valence-electron chi connectivity index (χ0n) is 11.8. The fraction of sp³-hybridized carbons (Fsp3) is 0.467. The van der Waals surface area contributed by atoms with Crippen LogP contribution in [0.15, 0.2) is 30.3 Å². The lowest BCUT2D eigenvalue weighted by molar-refractivity contribution is -0.156. The molecule has 0 aliphatic rings. The Morgan fingerprint density at radius 1 is 1.30 bits per heavy atom. The van der Waals surface area contributed by atoms with E-state index in [1.165, 1.54) is 0 Å². The maximum absolute atomic E-state index is 12.2. The molecule has 0 heterocycles. The molecule has 0 aliphatic carbocycles. The monoisotopic (exact) mass is 279 g/mol. The summed E-state index contributed by atoms with van der Waals surface area (Å²) in [7, 11) is 0. The molecular formula is C15H21NO4. The molecule has 0 aliphatic heterocycles. The van der Waals surface area contributed by atoms with E-state index in [1.807, 2.05) is 37.3 Å². The van der Waals surface area contributed by atoms with Crippen molar-refractivity contribution in [2.45, 2.75) is 38.2 Å². The highest BCUT2D eigenvalue weighted by molar-refractivity contribution is 5.85. The number of hydrogen-bond acceptors (Lipinski definition) is 3. The second-order valence-electron chi connectivity index (χ2n) is 5.05. The third-order valence-electron chi connectivity index (χ3n) is 3.16. The molecule has 0 bridgehead atoms. The van der Waals surface area contributed by atoms with Crippen molar-refractivity contribution in [3.63, 3.8) is 0 Å². The summed E-state index contributed by atoms with van der Waals surface area (Å²) in [6, 6.07) is 9.33. The predicted molar refractivity (Wildman–Crippen MR) is 75.4 cm³/mol. The van der Waals surface area contributed by atoms with Crippen LogP contribution in [0.2, 0.25) is 0 Å². The van der Waals surface area contributed by atoms with Crippen LogP contribution in [0.1, 0.15) is 38.2 Å². The van der Waals surface area contributed by atoms with Crippen molar-refractivity contribution in [3.8, 4) is 0 Å². The third kappa shape index (κ3) is 4.35. The van der Waals surface area contributed by atoms with Gasteiger partial charge in [0.1, 0.15) is 0 Å². The topological polar surface area (TPSA) is 86.6 Å². The number of carboxylic acids is 1. The van der Waals surface area contributed by atoms with Gasteiger partial charge >= 0.3 is 5.97 Å². The van der Waals surface area contributed by atoms with E-state index >= 15 is 0 Å². The minimum atomic E-state index is -1.96. The molecule has 1 amide bonds. The van der Waals surface area contributed by atoms with Crippen molar-refractivity contribution in [1.82, 2.24) is 5.32 Å². The van der Waals surface area contributed by atoms with E-state index in [1.54, 1.807) is 0 Å². The lowest BCUT2D eigenvalue weighted by Gasteiger charge is -2.21. The van der Waals surface area contributed by atoms with Crippen LogP contribution in [0.3, 0.4) is 0 Å². The van der Waals surface area contributed by atoms with Crippen molar-refractivity contribution in [2.24, 2.45) is 0 Å². The SMILES string of the molecule is CCCC(C(=O)NCC(C)(O)C(=O)O)c1ccccc1. The van der Waals surface area contributed by atoms with Gasteiger partial charge in [-0.15, -0.1) is 0 Å². The molecule has 110 valence electrons. The Bertz CT molecular complexity index is 456. The van der Waals surface area contributed by atoms with E-state index in [4.69, 9.17) is 5.11 Å². The summed E-state index contributed by atoms with van der Waals surface area (Å²) in [4.78, 5) is 23.0. The summed E-state index contributed by atoms with van der Waals surface area (Å²) in [5, 5.41) is 20.9. The largest absolute Gasteiger partial charge is 0.479 e. The number of carbonyl (C=O) groups is 2. The van der Waals surface area contributed by atoms with Gasteiger partial charge in [0.05, 0.1) is 12.5 Å². The second kappa shape index (κ2) is 7.05. The van der Waals surface area contributed by atoms with Crippen LogP contribution < -0.4 is 5.32 Å². The zero-order valence-corrected chi connectivity index (χ0v) is 11.8. The lowest BCUT2D eigenvalue weighted by atomic mass is 9.93. The highest BCUT2D eigenvalue weighted by Gasteiger charge is 2.31. The average Bonchev–Trinajstić information content (AvgIpc) is 2.43. The molecule has 2 atom stereocenters. The molecule has 3 N–H and O–H groups in total. The zero-order chi connectivity index (χ0) is 15.2. The predicted octanol–water partition coefficient (Wildman–Crippen LogP) is 1.52. The van der Waals surface area contributed by atoms with Gasteiger partial charge < -0.3 is 15.5 Å². The number of carboxylic acid groups (broad SMARTS) is 1. The summed E-state index contributed by atoms with van der Waals surface area (Å²) < 4.78 is 0. The Morgan fingerprint density at radius 3 is 2.40 bits per heavy atom. The molecule has 20 heavy (non-hydrogen) atoms. The molecule has 1 aromatic rings. The van der Waals surface area contributed by atoms with Crippen molar-refractivity contribution >= 4 is 11.9 Å². The highest BCUT2D eigenvalue weighted by atomic mass is 16.4. The Balaban J connectivity index is 2.74. The fourth-order valence-corrected chi connectivity index (χ4v) is 1.88. The average molecular weight is 279 g/mol. The molecule has 0 saturated heterocycles. The van der Waals surface area contributed by atoms with Crippen molar-refractivity contribution < 1.29 is 19.8 Å². The van der Waals surface area contributed by atoms with Crippen LogP contribution in [0, 0.1) is 0 Å². The van der Waals surface area contributed by atoms with Crippen molar-refractivity contribution in [1.29, 1.82) is 0 Å². The molecule has 0 fully saturated rings. The van der Waals surface area contributed by atoms with Gasteiger partial charge in [0.25, 0.3) is 0 Å². The number of carbonyl (C=O) groups excluding carboxylic acids is 1. The Morgan fingerprint density at radius 2 is 1.90 bits per heavy atom. The molecule has 5 heteroatoms. The summed E-state index contributed by atoms with van der Waals surface area (Å²) in [6.07, 6.45) is 1.51.